The Hall–Kier alpha value is -1.63. The largest absolute Gasteiger partial charge is 0.530 e. The first kappa shape index (κ1) is 14.8. The van der Waals surface area contributed by atoms with Crippen LogP contribution in [0.3, 0.4) is 0 Å². The standard InChI is InChI=1S/C12H12ClF3N2O2/c13-8-1-2-9(12(14,15)16)10(7-8)17-3-5-18(6-4-17)11(19)20/h1-2,7H,3-6H2,(H,19,20)/p-1. The van der Waals surface area contributed by atoms with Crippen LogP contribution in [0.5, 0.6) is 0 Å². The van der Waals surface area contributed by atoms with E-state index in [4.69, 9.17) is 11.6 Å². The molecule has 0 aliphatic carbocycles. The Kier molecular flexibility index (Phi) is 3.99. The summed E-state index contributed by atoms with van der Waals surface area (Å²) in [5.74, 6) is 0. The highest BCUT2D eigenvalue weighted by atomic mass is 35.5. The van der Waals surface area contributed by atoms with E-state index < -0.39 is 17.8 Å². The van der Waals surface area contributed by atoms with Crippen molar-refractivity contribution in [3.05, 3.63) is 28.8 Å². The molecule has 8 heteroatoms. The molecule has 0 atom stereocenters. The fourth-order valence-corrected chi connectivity index (χ4v) is 2.30. The zero-order valence-electron chi connectivity index (χ0n) is 10.3. The van der Waals surface area contributed by atoms with Crippen LogP contribution in [-0.2, 0) is 6.18 Å². The van der Waals surface area contributed by atoms with E-state index in [9.17, 15) is 23.1 Å². The van der Waals surface area contributed by atoms with Crippen molar-refractivity contribution in [2.45, 2.75) is 6.18 Å². The SMILES string of the molecule is O=C([O-])N1CCN(c2cc(Cl)ccc2C(F)(F)F)CC1. The van der Waals surface area contributed by atoms with E-state index in [1.165, 1.54) is 17.0 Å². The molecule has 110 valence electrons. The quantitative estimate of drug-likeness (QED) is 0.795. The van der Waals surface area contributed by atoms with Crippen LogP contribution in [0, 0.1) is 0 Å². The van der Waals surface area contributed by atoms with Crippen molar-refractivity contribution in [3.63, 3.8) is 0 Å². The third-order valence-corrected chi connectivity index (χ3v) is 3.38. The Morgan fingerprint density at radius 3 is 2.30 bits per heavy atom. The lowest BCUT2D eigenvalue weighted by molar-refractivity contribution is -0.265. The number of carboxylic acid groups (broad SMARTS) is 1. The van der Waals surface area contributed by atoms with Gasteiger partial charge in [-0.15, -0.1) is 0 Å². The predicted octanol–water partition coefficient (Wildman–Crippen LogP) is 1.82. The van der Waals surface area contributed by atoms with Gasteiger partial charge >= 0.3 is 6.18 Å². The molecule has 2 rings (SSSR count). The average Bonchev–Trinajstić information content (AvgIpc) is 2.37. The predicted molar refractivity (Wildman–Crippen MR) is 65.6 cm³/mol. The Balaban J connectivity index is 2.25. The van der Waals surface area contributed by atoms with Gasteiger partial charge in [0.05, 0.1) is 11.3 Å². The maximum Gasteiger partial charge on any atom is 0.418 e. The first-order chi connectivity index (χ1) is 9.29. The van der Waals surface area contributed by atoms with E-state index in [0.717, 1.165) is 11.0 Å². The summed E-state index contributed by atoms with van der Waals surface area (Å²) in [6.45, 7) is 0.535. The summed E-state index contributed by atoms with van der Waals surface area (Å²) >= 11 is 5.76. The van der Waals surface area contributed by atoms with Crippen molar-refractivity contribution in [1.82, 2.24) is 4.90 Å². The van der Waals surface area contributed by atoms with E-state index in [1.54, 1.807) is 0 Å². The summed E-state index contributed by atoms with van der Waals surface area (Å²) in [5.41, 5.74) is -0.799. The zero-order valence-corrected chi connectivity index (χ0v) is 11.0. The minimum atomic E-state index is -4.48. The molecular weight excluding hydrogens is 297 g/mol. The number of hydrogen-bond donors (Lipinski definition) is 0. The van der Waals surface area contributed by atoms with Crippen molar-refractivity contribution in [3.8, 4) is 0 Å². The van der Waals surface area contributed by atoms with Crippen molar-refractivity contribution in [1.29, 1.82) is 0 Å². The third kappa shape index (κ3) is 3.09. The Morgan fingerprint density at radius 1 is 1.20 bits per heavy atom. The fourth-order valence-electron chi connectivity index (χ4n) is 2.14. The number of hydrogen-bond acceptors (Lipinski definition) is 3. The number of anilines is 1. The molecule has 0 bridgehead atoms. The van der Waals surface area contributed by atoms with Crippen LogP contribution in [0.1, 0.15) is 5.56 Å². The molecule has 1 heterocycles. The minimum Gasteiger partial charge on any atom is -0.530 e. The van der Waals surface area contributed by atoms with Gasteiger partial charge in [-0.05, 0) is 18.2 Å². The van der Waals surface area contributed by atoms with Crippen molar-refractivity contribution < 1.29 is 23.1 Å². The van der Waals surface area contributed by atoms with Crippen LogP contribution in [0.4, 0.5) is 23.7 Å². The van der Waals surface area contributed by atoms with Crippen molar-refractivity contribution in [2.75, 3.05) is 31.1 Å². The van der Waals surface area contributed by atoms with Gasteiger partial charge in [-0.3, -0.25) is 0 Å². The molecule has 20 heavy (non-hydrogen) atoms. The maximum absolute atomic E-state index is 13.0. The summed E-state index contributed by atoms with van der Waals surface area (Å²) in [4.78, 5) is 13.2. The monoisotopic (exact) mass is 307 g/mol. The number of alkyl halides is 3. The number of carbonyl (C=O) groups excluding carboxylic acids is 1. The molecule has 1 saturated heterocycles. The lowest BCUT2D eigenvalue weighted by Crippen LogP contribution is -2.53. The molecule has 0 radical (unpaired) electrons. The van der Waals surface area contributed by atoms with Crippen LogP contribution < -0.4 is 10.0 Å². The summed E-state index contributed by atoms with van der Waals surface area (Å²) < 4.78 is 38.9. The molecule has 1 aromatic rings. The van der Waals surface area contributed by atoms with E-state index in [-0.39, 0.29) is 36.9 Å². The number of rotatable bonds is 1. The van der Waals surface area contributed by atoms with Gasteiger partial charge in [0, 0.05) is 31.2 Å². The van der Waals surface area contributed by atoms with Gasteiger partial charge in [0.1, 0.15) is 6.09 Å². The number of halogens is 4. The highest BCUT2D eigenvalue weighted by Gasteiger charge is 2.35. The van der Waals surface area contributed by atoms with Crippen molar-refractivity contribution in [2.24, 2.45) is 0 Å². The number of benzene rings is 1. The maximum atomic E-state index is 13.0. The van der Waals surface area contributed by atoms with Crippen molar-refractivity contribution >= 4 is 23.4 Å². The van der Waals surface area contributed by atoms with Crippen LogP contribution in [0.15, 0.2) is 18.2 Å². The molecule has 0 saturated carbocycles. The Bertz CT molecular complexity index is 514. The lowest BCUT2D eigenvalue weighted by atomic mass is 10.1. The van der Waals surface area contributed by atoms with Gasteiger partial charge < -0.3 is 19.7 Å². The average molecular weight is 308 g/mol. The van der Waals surface area contributed by atoms with Gasteiger partial charge in [-0.1, -0.05) is 11.6 Å². The molecule has 1 amide bonds. The van der Waals surface area contributed by atoms with Crippen LogP contribution in [0.25, 0.3) is 0 Å². The van der Waals surface area contributed by atoms with E-state index in [2.05, 4.69) is 0 Å². The van der Waals surface area contributed by atoms with E-state index >= 15 is 0 Å². The third-order valence-electron chi connectivity index (χ3n) is 3.14. The first-order valence-electron chi connectivity index (χ1n) is 5.86. The second-order valence-corrected chi connectivity index (χ2v) is 4.84. The second kappa shape index (κ2) is 5.40. The summed E-state index contributed by atoms with van der Waals surface area (Å²) in [6.07, 6.45) is -5.79. The van der Waals surface area contributed by atoms with Gasteiger partial charge in [0.2, 0.25) is 0 Å². The summed E-state index contributed by atoms with van der Waals surface area (Å²) in [5, 5.41) is 10.9. The van der Waals surface area contributed by atoms with Gasteiger partial charge in [-0.2, -0.15) is 13.2 Å². The van der Waals surface area contributed by atoms with Crippen LogP contribution >= 0.6 is 11.6 Å². The molecule has 0 spiro atoms. The zero-order chi connectivity index (χ0) is 14.9. The minimum absolute atomic E-state index is 0.0250. The van der Waals surface area contributed by atoms with Gasteiger partial charge in [0.15, 0.2) is 0 Å². The molecule has 0 unspecified atom stereocenters. The summed E-state index contributed by atoms with van der Waals surface area (Å²) in [6, 6.07) is 3.37. The van der Waals surface area contributed by atoms with Gasteiger partial charge in [-0.25, -0.2) is 0 Å². The number of piperazine rings is 1. The highest BCUT2D eigenvalue weighted by Crippen LogP contribution is 2.38. The highest BCUT2D eigenvalue weighted by molar-refractivity contribution is 6.30. The van der Waals surface area contributed by atoms with E-state index in [1.807, 2.05) is 0 Å². The molecule has 1 aliphatic heterocycles. The Morgan fingerprint density at radius 2 is 1.80 bits per heavy atom. The second-order valence-electron chi connectivity index (χ2n) is 4.40. The molecule has 0 N–H and O–H groups in total. The smallest absolute Gasteiger partial charge is 0.418 e. The lowest BCUT2D eigenvalue weighted by Gasteiger charge is -2.38. The normalized spacial score (nSPS) is 16.4. The van der Waals surface area contributed by atoms with Crippen LogP contribution in [0.2, 0.25) is 5.02 Å². The number of amides is 1. The van der Waals surface area contributed by atoms with Crippen LogP contribution in [-0.4, -0.2) is 37.2 Å². The molecule has 1 fully saturated rings. The molecule has 4 nitrogen and oxygen atoms in total. The molecular formula is C12H11ClF3N2O2-. The summed E-state index contributed by atoms with van der Waals surface area (Å²) in [7, 11) is 0. The number of nitrogens with zero attached hydrogens (tertiary/aromatic N) is 2. The first-order valence-corrected chi connectivity index (χ1v) is 6.24. The molecule has 0 aromatic heterocycles. The molecule has 1 aromatic carbocycles. The van der Waals surface area contributed by atoms with Gasteiger partial charge in [0.25, 0.3) is 0 Å². The fraction of sp³-hybridized carbons (Fsp3) is 0.417. The topological polar surface area (TPSA) is 46.6 Å². The molecule has 1 aliphatic rings. The Labute approximate surface area is 118 Å². The van der Waals surface area contributed by atoms with E-state index in [0.29, 0.717) is 0 Å². The number of carbonyl (C=O) groups is 1.